The van der Waals surface area contributed by atoms with E-state index in [2.05, 4.69) is 27.8 Å². The van der Waals surface area contributed by atoms with E-state index in [1.165, 1.54) is 24.6 Å². The average Bonchev–Trinajstić information content (AvgIpc) is 2.57. The summed E-state index contributed by atoms with van der Waals surface area (Å²) in [5.74, 6) is 0.384. The van der Waals surface area contributed by atoms with Crippen LogP contribution in [0.4, 0.5) is 5.69 Å². The van der Waals surface area contributed by atoms with Crippen LogP contribution in [0.2, 0.25) is 5.15 Å². The van der Waals surface area contributed by atoms with Crippen LogP contribution in [0.3, 0.4) is 0 Å². The third-order valence-corrected chi connectivity index (χ3v) is 4.15. The lowest BCUT2D eigenvalue weighted by Gasteiger charge is -2.23. The van der Waals surface area contributed by atoms with Gasteiger partial charge < -0.3 is 10.6 Å². The predicted molar refractivity (Wildman–Crippen MR) is 88.5 cm³/mol. The minimum atomic E-state index is -0.184. The van der Waals surface area contributed by atoms with E-state index in [0.29, 0.717) is 16.6 Å². The van der Waals surface area contributed by atoms with Gasteiger partial charge in [0.05, 0.1) is 5.56 Å². The van der Waals surface area contributed by atoms with Gasteiger partial charge in [0.1, 0.15) is 5.15 Å². The molecule has 0 bridgehead atoms. The smallest absolute Gasteiger partial charge is 0.257 e. The van der Waals surface area contributed by atoms with Crippen LogP contribution < -0.4 is 10.6 Å². The van der Waals surface area contributed by atoms with E-state index < -0.39 is 0 Å². The van der Waals surface area contributed by atoms with Gasteiger partial charge in [0, 0.05) is 18.4 Å². The summed E-state index contributed by atoms with van der Waals surface area (Å²) in [6, 6.07) is 11.3. The lowest BCUT2D eigenvalue weighted by Crippen LogP contribution is -2.28. The zero-order valence-electron chi connectivity index (χ0n) is 12.2. The van der Waals surface area contributed by atoms with Crippen molar-refractivity contribution in [3.63, 3.8) is 0 Å². The normalized spacial score (nSPS) is 18.0. The molecule has 2 heterocycles. The number of pyridine rings is 1. The van der Waals surface area contributed by atoms with Gasteiger partial charge in [0.15, 0.2) is 0 Å². The van der Waals surface area contributed by atoms with Crippen molar-refractivity contribution in [3.8, 4) is 0 Å². The van der Waals surface area contributed by atoms with Gasteiger partial charge in [0.25, 0.3) is 5.91 Å². The number of halogens is 1. The second-order valence-electron chi connectivity index (χ2n) is 5.49. The molecule has 1 amide bonds. The van der Waals surface area contributed by atoms with E-state index in [1.807, 2.05) is 12.1 Å². The van der Waals surface area contributed by atoms with E-state index >= 15 is 0 Å². The average molecular weight is 316 g/mol. The number of anilines is 1. The molecule has 1 atom stereocenters. The number of nitrogens with one attached hydrogen (secondary N) is 2. The Morgan fingerprint density at radius 3 is 2.68 bits per heavy atom. The molecule has 114 valence electrons. The fraction of sp³-hybridized carbons (Fsp3) is 0.294. The van der Waals surface area contributed by atoms with Crippen molar-refractivity contribution in [3.05, 3.63) is 58.9 Å². The molecule has 1 aromatic carbocycles. The Morgan fingerprint density at radius 1 is 1.23 bits per heavy atom. The van der Waals surface area contributed by atoms with Crippen LogP contribution in [0.5, 0.6) is 0 Å². The van der Waals surface area contributed by atoms with Crippen LogP contribution >= 0.6 is 11.6 Å². The van der Waals surface area contributed by atoms with Gasteiger partial charge in [-0.15, -0.1) is 0 Å². The number of carbonyl (C=O) groups excluding carboxylic acids is 1. The number of hydrogen-bond acceptors (Lipinski definition) is 3. The van der Waals surface area contributed by atoms with Gasteiger partial charge >= 0.3 is 0 Å². The molecule has 0 saturated carbocycles. The highest BCUT2D eigenvalue weighted by Crippen LogP contribution is 2.24. The number of benzene rings is 1. The van der Waals surface area contributed by atoms with Crippen LogP contribution in [0.15, 0.2) is 42.6 Å². The SMILES string of the molecule is O=C(Nc1ccc([C@@H]2CCCNC2)cc1)c1ccc(Cl)nc1. The second-order valence-corrected chi connectivity index (χ2v) is 5.88. The molecule has 1 aliphatic heterocycles. The van der Waals surface area contributed by atoms with E-state index in [4.69, 9.17) is 11.6 Å². The van der Waals surface area contributed by atoms with Crippen molar-refractivity contribution in [1.29, 1.82) is 0 Å². The molecule has 1 aromatic heterocycles. The molecule has 0 aliphatic carbocycles. The van der Waals surface area contributed by atoms with Crippen molar-refractivity contribution in [2.45, 2.75) is 18.8 Å². The molecule has 4 nitrogen and oxygen atoms in total. The van der Waals surface area contributed by atoms with Gasteiger partial charge in [-0.3, -0.25) is 4.79 Å². The Kier molecular flexibility index (Phi) is 4.71. The van der Waals surface area contributed by atoms with Gasteiger partial charge in [-0.05, 0) is 55.1 Å². The molecular formula is C17H18ClN3O. The molecule has 1 aliphatic rings. The van der Waals surface area contributed by atoms with Crippen LogP contribution in [0.1, 0.15) is 34.7 Å². The number of nitrogens with zero attached hydrogens (tertiary/aromatic N) is 1. The van der Waals surface area contributed by atoms with Crippen LogP contribution in [0, 0.1) is 0 Å². The molecule has 0 radical (unpaired) electrons. The molecule has 22 heavy (non-hydrogen) atoms. The van der Waals surface area contributed by atoms with Gasteiger partial charge in [-0.25, -0.2) is 4.98 Å². The maximum Gasteiger partial charge on any atom is 0.257 e. The predicted octanol–water partition coefficient (Wildman–Crippen LogP) is 3.45. The van der Waals surface area contributed by atoms with E-state index in [0.717, 1.165) is 18.8 Å². The topological polar surface area (TPSA) is 54.0 Å². The van der Waals surface area contributed by atoms with Gasteiger partial charge in [-0.1, -0.05) is 23.7 Å². The standard InChI is InChI=1S/C17H18ClN3O/c18-16-8-5-14(11-20-16)17(22)21-15-6-3-12(4-7-15)13-2-1-9-19-10-13/h3-8,11,13,19H,1-2,9-10H2,(H,21,22)/t13-/m1/s1. The van der Waals surface area contributed by atoms with Crippen LogP contribution in [-0.4, -0.2) is 24.0 Å². The third-order valence-electron chi connectivity index (χ3n) is 3.93. The molecule has 1 fully saturated rings. The summed E-state index contributed by atoms with van der Waals surface area (Å²) < 4.78 is 0. The zero-order chi connectivity index (χ0) is 15.4. The molecule has 5 heteroatoms. The first-order valence-electron chi connectivity index (χ1n) is 7.46. The minimum Gasteiger partial charge on any atom is -0.322 e. The number of carbonyl (C=O) groups is 1. The lowest BCUT2D eigenvalue weighted by molar-refractivity contribution is 0.102. The summed E-state index contributed by atoms with van der Waals surface area (Å²) in [4.78, 5) is 16.0. The largest absolute Gasteiger partial charge is 0.322 e. The first-order valence-corrected chi connectivity index (χ1v) is 7.84. The number of piperidine rings is 1. The zero-order valence-corrected chi connectivity index (χ0v) is 12.9. The highest BCUT2D eigenvalue weighted by molar-refractivity contribution is 6.29. The van der Waals surface area contributed by atoms with Crippen molar-refractivity contribution < 1.29 is 4.79 Å². The second kappa shape index (κ2) is 6.90. The summed E-state index contributed by atoms with van der Waals surface area (Å²) in [6.45, 7) is 2.14. The van der Waals surface area contributed by atoms with E-state index in [9.17, 15) is 4.79 Å². The Hall–Kier alpha value is -1.91. The minimum absolute atomic E-state index is 0.184. The Labute approximate surface area is 134 Å². The van der Waals surface area contributed by atoms with Gasteiger partial charge in [0.2, 0.25) is 0 Å². The van der Waals surface area contributed by atoms with Crippen molar-refractivity contribution in [2.75, 3.05) is 18.4 Å². The lowest BCUT2D eigenvalue weighted by atomic mass is 9.92. The van der Waals surface area contributed by atoms with Crippen molar-refractivity contribution >= 4 is 23.2 Å². The fourth-order valence-corrected chi connectivity index (χ4v) is 2.80. The number of hydrogen-bond donors (Lipinski definition) is 2. The Morgan fingerprint density at radius 2 is 2.05 bits per heavy atom. The molecular weight excluding hydrogens is 298 g/mol. The molecule has 0 spiro atoms. The first-order chi connectivity index (χ1) is 10.7. The first kappa shape index (κ1) is 15.0. The fourth-order valence-electron chi connectivity index (χ4n) is 2.69. The number of aromatic nitrogens is 1. The van der Waals surface area contributed by atoms with Crippen LogP contribution in [0.25, 0.3) is 0 Å². The summed E-state index contributed by atoms with van der Waals surface area (Å²) in [6.07, 6.45) is 3.90. The summed E-state index contributed by atoms with van der Waals surface area (Å²) in [5.41, 5.74) is 2.59. The van der Waals surface area contributed by atoms with E-state index in [-0.39, 0.29) is 5.91 Å². The quantitative estimate of drug-likeness (QED) is 0.853. The monoisotopic (exact) mass is 315 g/mol. The van der Waals surface area contributed by atoms with Gasteiger partial charge in [-0.2, -0.15) is 0 Å². The van der Waals surface area contributed by atoms with Crippen LogP contribution in [-0.2, 0) is 0 Å². The van der Waals surface area contributed by atoms with E-state index in [1.54, 1.807) is 12.1 Å². The summed E-state index contributed by atoms with van der Waals surface area (Å²) in [5, 5.41) is 6.67. The highest BCUT2D eigenvalue weighted by Gasteiger charge is 2.15. The molecule has 0 unspecified atom stereocenters. The molecule has 1 saturated heterocycles. The highest BCUT2D eigenvalue weighted by atomic mass is 35.5. The number of amides is 1. The maximum absolute atomic E-state index is 12.1. The number of rotatable bonds is 3. The summed E-state index contributed by atoms with van der Waals surface area (Å²) in [7, 11) is 0. The summed E-state index contributed by atoms with van der Waals surface area (Å²) >= 11 is 5.72. The molecule has 3 rings (SSSR count). The Bertz CT molecular complexity index is 634. The maximum atomic E-state index is 12.1. The molecule has 2 aromatic rings. The van der Waals surface area contributed by atoms with Crippen molar-refractivity contribution in [1.82, 2.24) is 10.3 Å². The Balaban J connectivity index is 1.65. The third kappa shape index (κ3) is 3.64. The van der Waals surface area contributed by atoms with Crippen molar-refractivity contribution in [2.24, 2.45) is 0 Å². The molecule has 2 N–H and O–H groups in total.